The Labute approximate surface area is 361 Å². The number of carbonyl (C=O) groups is 2. The highest BCUT2D eigenvalue weighted by Crippen LogP contribution is 2.16. The number of rotatable bonds is 47. The summed E-state index contributed by atoms with van der Waals surface area (Å²) in [5, 5.41) is 23.2. The Morgan fingerprint density at radius 1 is 0.483 bits per heavy atom. The first-order chi connectivity index (χ1) is 28.5. The normalized spacial score (nSPS) is 12.8. The van der Waals surface area contributed by atoms with Gasteiger partial charge >= 0.3 is 5.97 Å². The number of unbranched alkanes of at least 4 members (excludes halogenated alkanes) is 32. The van der Waals surface area contributed by atoms with Crippen molar-refractivity contribution in [3.63, 3.8) is 0 Å². The summed E-state index contributed by atoms with van der Waals surface area (Å²) in [7, 11) is 0. The predicted octanol–water partition coefficient (Wildman–Crippen LogP) is 15.1. The van der Waals surface area contributed by atoms with E-state index in [-0.39, 0.29) is 18.5 Å². The van der Waals surface area contributed by atoms with Gasteiger partial charge in [0.15, 0.2) is 0 Å². The van der Waals surface area contributed by atoms with Crippen molar-refractivity contribution >= 4 is 11.9 Å². The van der Waals surface area contributed by atoms with Gasteiger partial charge in [-0.05, 0) is 57.8 Å². The van der Waals surface area contributed by atoms with Gasteiger partial charge in [-0.25, -0.2) is 0 Å². The molecule has 0 aliphatic rings. The zero-order valence-electron chi connectivity index (χ0n) is 38.8. The molecule has 6 heteroatoms. The number of allylic oxidation sites excluding steroid dienone is 4. The van der Waals surface area contributed by atoms with Crippen molar-refractivity contribution in [2.24, 2.45) is 0 Å². The number of nitrogens with one attached hydrogen (secondary N) is 1. The monoisotopic (exact) mass is 818 g/mol. The minimum absolute atomic E-state index is 0.0215. The Morgan fingerprint density at radius 2 is 0.862 bits per heavy atom. The molecule has 0 radical (unpaired) electrons. The van der Waals surface area contributed by atoms with Crippen molar-refractivity contribution in [1.82, 2.24) is 5.32 Å². The highest BCUT2D eigenvalue weighted by atomic mass is 16.5. The van der Waals surface area contributed by atoms with E-state index in [1.54, 1.807) is 0 Å². The van der Waals surface area contributed by atoms with Crippen LogP contribution in [0.15, 0.2) is 24.3 Å². The van der Waals surface area contributed by atoms with Crippen LogP contribution < -0.4 is 5.32 Å². The molecule has 3 N–H and O–H groups in total. The van der Waals surface area contributed by atoms with Gasteiger partial charge in [-0.1, -0.05) is 224 Å². The summed E-state index contributed by atoms with van der Waals surface area (Å²) in [6.07, 6.45) is 55.6. The van der Waals surface area contributed by atoms with Crippen LogP contribution in [-0.4, -0.2) is 47.4 Å². The molecule has 0 aromatic carbocycles. The first-order valence-corrected chi connectivity index (χ1v) is 25.6. The van der Waals surface area contributed by atoms with Crippen LogP contribution in [0.5, 0.6) is 0 Å². The van der Waals surface area contributed by atoms with Crippen molar-refractivity contribution in [3.8, 4) is 0 Å². The number of ether oxygens (including phenoxy) is 1. The van der Waals surface area contributed by atoms with Crippen LogP contribution in [0.1, 0.15) is 271 Å². The van der Waals surface area contributed by atoms with E-state index in [9.17, 15) is 19.8 Å². The average Bonchev–Trinajstić information content (AvgIpc) is 3.22. The van der Waals surface area contributed by atoms with E-state index in [4.69, 9.17) is 4.74 Å². The number of esters is 1. The highest BCUT2D eigenvalue weighted by molar-refractivity contribution is 5.76. The standard InChI is InChI=1S/C52H99NO5/c1-3-5-7-9-11-13-15-17-18-19-20-22-26-30-34-38-42-46-52(57)58-47-43-39-35-31-27-23-25-29-33-37-41-45-51(56)53-49(48-54)50(55)44-40-36-32-28-24-21-16-14-12-10-8-6-4-2/h11,13,17-18,49-50,54-55H,3-10,12,14-16,19-48H2,1-2H3,(H,53,56)/b13-11-,18-17-. The van der Waals surface area contributed by atoms with Crippen molar-refractivity contribution in [1.29, 1.82) is 0 Å². The molecule has 0 aromatic rings. The third-order valence-corrected chi connectivity index (χ3v) is 11.8. The van der Waals surface area contributed by atoms with E-state index >= 15 is 0 Å². The van der Waals surface area contributed by atoms with Crippen molar-refractivity contribution in [2.75, 3.05) is 13.2 Å². The molecule has 1 amide bonds. The molecule has 0 saturated carbocycles. The Kier molecular flexibility index (Phi) is 46.6. The van der Waals surface area contributed by atoms with Crippen LogP contribution in [0.4, 0.5) is 0 Å². The maximum Gasteiger partial charge on any atom is 0.305 e. The Balaban J connectivity index is 3.46. The highest BCUT2D eigenvalue weighted by Gasteiger charge is 2.20. The molecule has 6 nitrogen and oxygen atoms in total. The second-order valence-corrected chi connectivity index (χ2v) is 17.5. The summed E-state index contributed by atoms with van der Waals surface area (Å²) in [6, 6.07) is -0.555. The average molecular weight is 818 g/mol. The smallest absolute Gasteiger partial charge is 0.305 e. The lowest BCUT2D eigenvalue weighted by atomic mass is 10.0. The second-order valence-electron chi connectivity index (χ2n) is 17.5. The molecular weight excluding hydrogens is 719 g/mol. The zero-order valence-corrected chi connectivity index (χ0v) is 38.8. The minimum atomic E-state index is -0.676. The third-order valence-electron chi connectivity index (χ3n) is 11.8. The van der Waals surface area contributed by atoms with Crippen LogP contribution in [0.3, 0.4) is 0 Å². The Morgan fingerprint density at radius 3 is 1.34 bits per heavy atom. The van der Waals surface area contributed by atoms with Gasteiger partial charge in [0.25, 0.3) is 0 Å². The fraction of sp³-hybridized carbons (Fsp3) is 0.885. The van der Waals surface area contributed by atoms with E-state index in [1.165, 1.54) is 173 Å². The summed E-state index contributed by atoms with van der Waals surface area (Å²) in [5.74, 6) is -0.0761. The molecule has 0 rings (SSSR count). The van der Waals surface area contributed by atoms with Crippen molar-refractivity contribution in [2.45, 2.75) is 283 Å². The maximum absolute atomic E-state index is 12.4. The lowest BCUT2D eigenvalue weighted by molar-refractivity contribution is -0.143. The van der Waals surface area contributed by atoms with Gasteiger partial charge in [0, 0.05) is 12.8 Å². The van der Waals surface area contributed by atoms with Crippen LogP contribution in [0, 0.1) is 0 Å². The molecule has 0 aliphatic carbocycles. The number of hydrogen-bond donors (Lipinski definition) is 3. The fourth-order valence-corrected chi connectivity index (χ4v) is 7.79. The van der Waals surface area contributed by atoms with Crippen molar-refractivity contribution < 1.29 is 24.5 Å². The zero-order chi connectivity index (χ0) is 42.3. The fourth-order valence-electron chi connectivity index (χ4n) is 7.79. The van der Waals surface area contributed by atoms with Gasteiger partial charge in [0.2, 0.25) is 5.91 Å². The third kappa shape index (κ3) is 43.9. The quantitative estimate of drug-likeness (QED) is 0.0323. The molecule has 0 heterocycles. The molecular formula is C52H99NO5. The first kappa shape index (κ1) is 56.3. The van der Waals surface area contributed by atoms with Crippen LogP contribution in [-0.2, 0) is 14.3 Å². The maximum atomic E-state index is 12.4. The SMILES string of the molecule is CCCCC/C=C\C/C=C\CCCCCCCCCC(=O)OCCCCCCCCCCCCCC(=O)NC(CO)C(O)CCCCCCCCCCCCCCC. The molecule has 342 valence electrons. The van der Waals surface area contributed by atoms with Gasteiger partial charge in [-0.2, -0.15) is 0 Å². The predicted molar refractivity (Wildman–Crippen MR) is 250 cm³/mol. The largest absolute Gasteiger partial charge is 0.466 e. The topological polar surface area (TPSA) is 95.9 Å². The molecule has 0 aromatic heterocycles. The van der Waals surface area contributed by atoms with Gasteiger partial charge < -0.3 is 20.3 Å². The van der Waals surface area contributed by atoms with Gasteiger partial charge in [-0.3, -0.25) is 9.59 Å². The van der Waals surface area contributed by atoms with Gasteiger partial charge in [0.1, 0.15) is 0 Å². The molecule has 0 spiro atoms. The van der Waals surface area contributed by atoms with E-state index in [1.807, 2.05) is 0 Å². The molecule has 0 fully saturated rings. The molecule has 58 heavy (non-hydrogen) atoms. The molecule has 2 atom stereocenters. The number of aliphatic hydroxyl groups excluding tert-OH is 2. The molecule has 2 unspecified atom stereocenters. The van der Waals surface area contributed by atoms with E-state index in [2.05, 4.69) is 43.5 Å². The van der Waals surface area contributed by atoms with Gasteiger partial charge in [-0.15, -0.1) is 0 Å². The summed E-state index contributed by atoms with van der Waals surface area (Å²) < 4.78 is 5.46. The lowest BCUT2D eigenvalue weighted by Crippen LogP contribution is -2.45. The van der Waals surface area contributed by atoms with E-state index in [0.717, 1.165) is 64.2 Å². The number of amides is 1. The number of carbonyl (C=O) groups excluding carboxylic acids is 2. The summed E-state index contributed by atoms with van der Waals surface area (Å²) in [4.78, 5) is 24.5. The summed E-state index contributed by atoms with van der Waals surface area (Å²) in [6.45, 7) is 4.88. The van der Waals surface area contributed by atoms with Crippen LogP contribution in [0.2, 0.25) is 0 Å². The van der Waals surface area contributed by atoms with Crippen LogP contribution >= 0.6 is 0 Å². The lowest BCUT2D eigenvalue weighted by Gasteiger charge is -2.22. The number of hydrogen-bond acceptors (Lipinski definition) is 5. The minimum Gasteiger partial charge on any atom is -0.466 e. The first-order valence-electron chi connectivity index (χ1n) is 25.6. The summed E-state index contributed by atoms with van der Waals surface area (Å²) >= 11 is 0. The summed E-state index contributed by atoms with van der Waals surface area (Å²) in [5.41, 5.74) is 0. The van der Waals surface area contributed by atoms with Crippen LogP contribution in [0.25, 0.3) is 0 Å². The second kappa shape index (κ2) is 48.0. The van der Waals surface area contributed by atoms with Gasteiger partial charge in [0.05, 0.1) is 25.4 Å². The molecule has 0 aliphatic heterocycles. The van der Waals surface area contributed by atoms with E-state index < -0.39 is 12.1 Å². The Bertz CT molecular complexity index is 904. The molecule has 0 bridgehead atoms. The van der Waals surface area contributed by atoms with Crippen molar-refractivity contribution in [3.05, 3.63) is 24.3 Å². The number of aliphatic hydroxyl groups is 2. The van der Waals surface area contributed by atoms with E-state index in [0.29, 0.717) is 25.9 Å². The molecule has 0 saturated heterocycles. The Hall–Kier alpha value is -1.66.